The number of ether oxygens (including phenoxy) is 3. The number of nitro benzene ring substituents is 1. The first-order valence-electron chi connectivity index (χ1n) is 7.14. The van der Waals surface area contributed by atoms with Crippen LogP contribution in [0.15, 0.2) is 36.4 Å². The van der Waals surface area contributed by atoms with E-state index in [4.69, 9.17) is 14.2 Å². The van der Waals surface area contributed by atoms with Crippen LogP contribution in [0.5, 0.6) is 17.2 Å². The number of nitro groups is 1. The number of carbonyl (C=O) groups is 1. The maximum absolute atomic E-state index is 12.0. The van der Waals surface area contributed by atoms with E-state index in [0.717, 1.165) is 17.2 Å². The summed E-state index contributed by atoms with van der Waals surface area (Å²) in [5, 5.41) is 10.8. The molecule has 126 valence electrons. The molecule has 0 atom stereocenters. The number of hydrogen-bond donors (Lipinski definition) is 0. The van der Waals surface area contributed by atoms with Gasteiger partial charge in [-0.25, -0.2) is 4.79 Å². The van der Waals surface area contributed by atoms with E-state index in [1.807, 2.05) is 32.0 Å². The Morgan fingerprint density at radius 3 is 2.50 bits per heavy atom. The van der Waals surface area contributed by atoms with Crippen molar-refractivity contribution in [1.82, 2.24) is 0 Å². The zero-order chi connectivity index (χ0) is 17.7. The standard InChI is InChI=1S/C17H17NO6/c1-11-4-5-12(2)15(8-11)23-10-17(19)24-16-9-13(18(20)21)6-7-14(16)22-3/h4-9H,10H2,1-3H3. The molecular weight excluding hydrogens is 314 g/mol. The predicted octanol–water partition coefficient (Wildman–Crippen LogP) is 3.20. The van der Waals surface area contributed by atoms with Gasteiger partial charge in [-0.3, -0.25) is 10.1 Å². The number of rotatable bonds is 6. The van der Waals surface area contributed by atoms with Crippen LogP contribution in [0.3, 0.4) is 0 Å². The molecule has 0 unspecified atom stereocenters. The quantitative estimate of drug-likeness (QED) is 0.349. The van der Waals surface area contributed by atoms with E-state index >= 15 is 0 Å². The number of non-ortho nitro benzene ring substituents is 1. The third kappa shape index (κ3) is 4.22. The second-order valence-electron chi connectivity index (χ2n) is 5.12. The fourth-order valence-electron chi connectivity index (χ4n) is 2.01. The lowest BCUT2D eigenvalue weighted by Gasteiger charge is -2.11. The number of methoxy groups -OCH3 is 1. The van der Waals surface area contributed by atoms with Gasteiger partial charge in [-0.05, 0) is 37.1 Å². The first-order chi connectivity index (χ1) is 11.4. The Bertz CT molecular complexity index is 772. The monoisotopic (exact) mass is 331 g/mol. The highest BCUT2D eigenvalue weighted by molar-refractivity contribution is 5.75. The highest BCUT2D eigenvalue weighted by Gasteiger charge is 2.16. The lowest BCUT2D eigenvalue weighted by Crippen LogP contribution is -2.18. The number of nitrogens with zero attached hydrogens (tertiary/aromatic N) is 1. The molecule has 0 aliphatic rings. The molecular formula is C17H17NO6. The Morgan fingerprint density at radius 1 is 1.08 bits per heavy atom. The normalized spacial score (nSPS) is 10.1. The summed E-state index contributed by atoms with van der Waals surface area (Å²) in [6.45, 7) is 3.46. The van der Waals surface area contributed by atoms with E-state index in [2.05, 4.69) is 0 Å². The second-order valence-corrected chi connectivity index (χ2v) is 5.12. The van der Waals surface area contributed by atoms with Crippen LogP contribution in [0, 0.1) is 24.0 Å². The Labute approximate surface area is 138 Å². The molecule has 0 amide bonds. The highest BCUT2D eigenvalue weighted by Crippen LogP contribution is 2.31. The molecule has 0 heterocycles. The number of benzene rings is 2. The van der Waals surface area contributed by atoms with Crippen molar-refractivity contribution >= 4 is 11.7 Å². The van der Waals surface area contributed by atoms with Crippen molar-refractivity contribution in [1.29, 1.82) is 0 Å². The van der Waals surface area contributed by atoms with Crippen LogP contribution < -0.4 is 14.2 Å². The van der Waals surface area contributed by atoms with Crippen molar-refractivity contribution < 1.29 is 23.9 Å². The van der Waals surface area contributed by atoms with Crippen LogP contribution in [-0.2, 0) is 4.79 Å². The molecule has 2 aromatic carbocycles. The van der Waals surface area contributed by atoms with Crippen molar-refractivity contribution in [2.75, 3.05) is 13.7 Å². The van der Waals surface area contributed by atoms with Crippen molar-refractivity contribution in [3.8, 4) is 17.2 Å². The largest absolute Gasteiger partial charge is 0.493 e. The third-order valence-corrected chi connectivity index (χ3v) is 3.27. The molecule has 0 saturated heterocycles. The van der Waals surface area contributed by atoms with Crippen LogP contribution >= 0.6 is 0 Å². The summed E-state index contributed by atoms with van der Waals surface area (Å²) in [5.74, 6) is 0.0922. The summed E-state index contributed by atoms with van der Waals surface area (Å²) in [6.07, 6.45) is 0. The molecule has 24 heavy (non-hydrogen) atoms. The minimum atomic E-state index is -0.685. The zero-order valence-electron chi connectivity index (χ0n) is 13.6. The second kappa shape index (κ2) is 7.45. The van der Waals surface area contributed by atoms with Gasteiger partial charge in [-0.15, -0.1) is 0 Å². The molecule has 0 aliphatic heterocycles. The third-order valence-electron chi connectivity index (χ3n) is 3.27. The van der Waals surface area contributed by atoms with Crippen LogP contribution in [0.2, 0.25) is 0 Å². The molecule has 0 bridgehead atoms. The van der Waals surface area contributed by atoms with Gasteiger partial charge in [0.1, 0.15) is 5.75 Å². The van der Waals surface area contributed by atoms with Gasteiger partial charge < -0.3 is 14.2 Å². The molecule has 0 fully saturated rings. The lowest BCUT2D eigenvalue weighted by molar-refractivity contribution is -0.384. The molecule has 0 aromatic heterocycles. The summed E-state index contributed by atoms with van der Waals surface area (Å²) in [7, 11) is 1.38. The maximum Gasteiger partial charge on any atom is 0.349 e. The average molecular weight is 331 g/mol. The molecule has 0 N–H and O–H groups in total. The fraction of sp³-hybridized carbons (Fsp3) is 0.235. The maximum atomic E-state index is 12.0. The van der Waals surface area contributed by atoms with E-state index in [9.17, 15) is 14.9 Å². The molecule has 0 saturated carbocycles. The molecule has 0 spiro atoms. The van der Waals surface area contributed by atoms with Crippen LogP contribution in [-0.4, -0.2) is 24.6 Å². The number of esters is 1. The zero-order valence-corrected chi connectivity index (χ0v) is 13.6. The van der Waals surface area contributed by atoms with E-state index in [1.54, 1.807) is 0 Å². The molecule has 2 rings (SSSR count). The predicted molar refractivity (Wildman–Crippen MR) is 86.7 cm³/mol. The summed E-state index contributed by atoms with van der Waals surface area (Å²) in [6, 6.07) is 9.41. The van der Waals surface area contributed by atoms with Crippen molar-refractivity contribution in [3.05, 3.63) is 57.6 Å². The van der Waals surface area contributed by atoms with Gasteiger partial charge >= 0.3 is 5.97 Å². The minimum Gasteiger partial charge on any atom is -0.493 e. The number of hydrogen-bond acceptors (Lipinski definition) is 6. The Kier molecular flexibility index (Phi) is 5.36. The lowest BCUT2D eigenvalue weighted by atomic mass is 10.1. The summed E-state index contributed by atoms with van der Waals surface area (Å²) < 4.78 is 15.6. The topological polar surface area (TPSA) is 87.9 Å². The molecule has 0 aliphatic carbocycles. The van der Waals surface area contributed by atoms with Gasteiger partial charge in [-0.2, -0.15) is 0 Å². The van der Waals surface area contributed by atoms with E-state index in [1.165, 1.54) is 19.2 Å². The fourth-order valence-corrected chi connectivity index (χ4v) is 2.01. The molecule has 0 radical (unpaired) electrons. The summed E-state index contributed by atoms with van der Waals surface area (Å²) >= 11 is 0. The van der Waals surface area contributed by atoms with Crippen LogP contribution in [0.4, 0.5) is 5.69 Å². The summed E-state index contributed by atoms with van der Waals surface area (Å²) in [4.78, 5) is 22.2. The van der Waals surface area contributed by atoms with Gasteiger partial charge in [0.15, 0.2) is 18.1 Å². The molecule has 2 aromatic rings. The average Bonchev–Trinajstić information content (AvgIpc) is 2.55. The first kappa shape index (κ1) is 17.3. The molecule has 7 nitrogen and oxygen atoms in total. The van der Waals surface area contributed by atoms with Gasteiger partial charge in [0.25, 0.3) is 5.69 Å². The molecule has 7 heteroatoms. The Balaban J connectivity index is 2.08. The van der Waals surface area contributed by atoms with E-state index < -0.39 is 10.9 Å². The summed E-state index contributed by atoms with van der Waals surface area (Å²) in [5.41, 5.74) is 1.69. The SMILES string of the molecule is COc1ccc([N+](=O)[O-])cc1OC(=O)COc1cc(C)ccc1C. The van der Waals surface area contributed by atoms with Gasteiger partial charge in [0, 0.05) is 6.07 Å². The van der Waals surface area contributed by atoms with Crippen LogP contribution in [0.1, 0.15) is 11.1 Å². The van der Waals surface area contributed by atoms with E-state index in [-0.39, 0.29) is 23.8 Å². The van der Waals surface area contributed by atoms with Crippen molar-refractivity contribution in [2.24, 2.45) is 0 Å². The van der Waals surface area contributed by atoms with Gasteiger partial charge in [0.05, 0.1) is 18.1 Å². The van der Waals surface area contributed by atoms with Gasteiger partial charge in [0.2, 0.25) is 0 Å². The number of aryl methyl sites for hydroxylation is 2. The highest BCUT2D eigenvalue weighted by atomic mass is 16.6. The smallest absolute Gasteiger partial charge is 0.349 e. The Morgan fingerprint density at radius 2 is 1.83 bits per heavy atom. The van der Waals surface area contributed by atoms with Crippen LogP contribution in [0.25, 0.3) is 0 Å². The van der Waals surface area contributed by atoms with Crippen molar-refractivity contribution in [2.45, 2.75) is 13.8 Å². The first-order valence-corrected chi connectivity index (χ1v) is 7.14. The number of carbonyl (C=O) groups excluding carboxylic acids is 1. The van der Waals surface area contributed by atoms with Crippen molar-refractivity contribution in [3.63, 3.8) is 0 Å². The minimum absolute atomic E-state index is 0.0266. The van der Waals surface area contributed by atoms with E-state index in [0.29, 0.717) is 5.75 Å². The van der Waals surface area contributed by atoms with Gasteiger partial charge in [-0.1, -0.05) is 12.1 Å². The Hall–Kier alpha value is -3.09.